The topological polar surface area (TPSA) is 270 Å². The predicted octanol–water partition coefficient (Wildman–Crippen LogP) is -3.94. The second-order valence-electron chi connectivity index (χ2n) is 8.38. The first-order valence-corrected chi connectivity index (χ1v) is 11.3. The van der Waals surface area contributed by atoms with Crippen molar-refractivity contribution in [1.29, 1.82) is 0 Å². The number of hydrogen-bond donors (Lipinski definition) is 8. The van der Waals surface area contributed by atoms with Crippen molar-refractivity contribution in [3.8, 4) is 0 Å². The molecule has 4 amide bonds. The fraction of sp³-hybridized carbons (Fsp3) is 0.700. The highest BCUT2D eigenvalue weighted by atomic mass is 16.4. The molecule has 198 valence electrons. The van der Waals surface area contributed by atoms with Crippen molar-refractivity contribution in [2.75, 3.05) is 13.1 Å². The lowest BCUT2D eigenvalue weighted by Crippen LogP contribution is -2.59. The van der Waals surface area contributed by atoms with Crippen LogP contribution >= 0.6 is 0 Å². The van der Waals surface area contributed by atoms with Crippen LogP contribution in [0.25, 0.3) is 0 Å². The van der Waals surface area contributed by atoms with E-state index in [1.54, 1.807) is 0 Å². The molecule has 5 unspecified atom stereocenters. The predicted molar refractivity (Wildman–Crippen MR) is 124 cm³/mol. The zero-order chi connectivity index (χ0) is 26.7. The largest absolute Gasteiger partial charge is 0.480 e. The van der Waals surface area contributed by atoms with Crippen LogP contribution < -0.4 is 33.6 Å². The number of carbonyl (C=O) groups excluding carboxylic acids is 4. The number of amides is 4. The van der Waals surface area contributed by atoms with E-state index >= 15 is 0 Å². The molecule has 1 saturated heterocycles. The van der Waals surface area contributed by atoms with Crippen LogP contribution in [0.15, 0.2) is 4.99 Å². The maximum atomic E-state index is 13.1. The van der Waals surface area contributed by atoms with Gasteiger partial charge in [-0.05, 0) is 39.0 Å². The average molecular weight is 501 g/mol. The van der Waals surface area contributed by atoms with Crippen molar-refractivity contribution in [1.82, 2.24) is 15.5 Å². The molecule has 0 aliphatic carbocycles. The molecule has 1 aliphatic rings. The van der Waals surface area contributed by atoms with Gasteiger partial charge in [-0.3, -0.25) is 24.2 Å². The van der Waals surface area contributed by atoms with Crippen LogP contribution in [-0.4, -0.2) is 94.0 Å². The first-order valence-electron chi connectivity index (χ1n) is 11.3. The van der Waals surface area contributed by atoms with Gasteiger partial charge in [0, 0.05) is 19.5 Å². The first kappa shape index (κ1) is 29.6. The maximum Gasteiger partial charge on any atom is 0.326 e. The van der Waals surface area contributed by atoms with Gasteiger partial charge in [0.05, 0.1) is 12.1 Å². The molecule has 1 fully saturated rings. The number of aliphatic hydroxyl groups excluding tert-OH is 1. The summed E-state index contributed by atoms with van der Waals surface area (Å²) in [4.78, 5) is 65.7. The highest BCUT2D eigenvalue weighted by Gasteiger charge is 2.40. The zero-order valence-corrected chi connectivity index (χ0v) is 19.7. The molecule has 1 heterocycles. The van der Waals surface area contributed by atoms with Crippen molar-refractivity contribution < 1.29 is 34.2 Å². The summed E-state index contributed by atoms with van der Waals surface area (Å²) < 4.78 is 0. The van der Waals surface area contributed by atoms with Crippen LogP contribution in [0.5, 0.6) is 0 Å². The van der Waals surface area contributed by atoms with Crippen molar-refractivity contribution in [3.05, 3.63) is 0 Å². The van der Waals surface area contributed by atoms with Crippen LogP contribution in [0.1, 0.15) is 45.4 Å². The Labute approximate surface area is 202 Å². The summed E-state index contributed by atoms with van der Waals surface area (Å²) in [5.41, 5.74) is 21.4. The third-order valence-electron chi connectivity index (χ3n) is 5.48. The smallest absolute Gasteiger partial charge is 0.326 e. The van der Waals surface area contributed by atoms with Gasteiger partial charge in [-0.1, -0.05) is 0 Å². The second kappa shape index (κ2) is 14.1. The minimum absolute atomic E-state index is 0.0884. The normalized spacial score (nSPS) is 18.6. The van der Waals surface area contributed by atoms with Gasteiger partial charge in [0.25, 0.3) is 0 Å². The van der Waals surface area contributed by atoms with E-state index in [-0.39, 0.29) is 44.7 Å². The molecule has 12 N–H and O–H groups in total. The number of carboxylic acid groups (broad SMARTS) is 1. The van der Waals surface area contributed by atoms with E-state index in [0.717, 1.165) is 0 Å². The molecule has 0 bridgehead atoms. The Morgan fingerprint density at radius 3 is 2.31 bits per heavy atom. The minimum atomic E-state index is -1.37. The van der Waals surface area contributed by atoms with Gasteiger partial charge in [-0.15, -0.1) is 0 Å². The Hall–Kier alpha value is -3.46. The molecule has 0 aromatic rings. The van der Waals surface area contributed by atoms with Crippen molar-refractivity contribution in [2.45, 2.75) is 75.7 Å². The number of nitrogens with zero attached hydrogens (tertiary/aromatic N) is 2. The molecule has 1 rings (SSSR count). The zero-order valence-electron chi connectivity index (χ0n) is 19.7. The van der Waals surface area contributed by atoms with Gasteiger partial charge in [-0.2, -0.15) is 0 Å². The molecule has 0 aromatic heterocycles. The summed E-state index contributed by atoms with van der Waals surface area (Å²) in [6.07, 6.45) is -0.406. The highest BCUT2D eigenvalue weighted by molar-refractivity contribution is 5.94. The lowest BCUT2D eigenvalue weighted by Gasteiger charge is -2.31. The standard InChI is InChI=1S/C20H36N8O7/c1-10(29)15(27-16(31)11(21)4-2-8-25-20(23)24)18(33)28-9-3-5-13(28)17(32)26-12(19(34)35)6-7-14(22)30/h10-13,15,29H,2-9,21H2,1H3,(H2,22,30)(H,26,32)(H,27,31)(H,34,35)(H4,23,24,25). The Kier molecular flexibility index (Phi) is 11.9. The third kappa shape index (κ3) is 9.74. The Bertz CT molecular complexity index is 815. The van der Waals surface area contributed by atoms with E-state index < -0.39 is 59.9 Å². The molecule has 35 heavy (non-hydrogen) atoms. The number of nitrogens with one attached hydrogen (secondary N) is 2. The van der Waals surface area contributed by atoms with Crippen LogP contribution in [-0.2, 0) is 24.0 Å². The van der Waals surface area contributed by atoms with Gasteiger partial charge < -0.3 is 48.7 Å². The molecule has 0 radical (unpaired) electrons. The van der Waals surface area contributed by atoms with E-state index in [0.29, 0.717) is 12.8 Å². The number of aliphatic hydroxyl groups is 1. The summed E-state index contributed by atoms with van der Waals surface area (Å²) in [7, 11) is 0. The average Bonchev–Trinajstić information content (AvgIpc) is 3.26. The SMILES string of the molecule is CC(O)C(NC(=O)C(N)CCCN=C(N)N)C(=O)N1CCCC1C(=O)NC(CCC(N)=O)C(=O)O. The molecule has 0 spiro atoms. The quantitative estimate of drug-likeness (QED) is 0.0651. The number of nitrogens with two attached hydrogens (primary N) is 4. The summed E-state index contributed by atoms with van der Waals surface area (Å²) in [5, 5.41) is 24.2. The fourth-order valence-corrected chi connectivity index (χ4v) is 3.59. The van der Waals surface area contributed by atoms with Gasteiger partial charge in [0.15, 0.2) is 5.96 Å². The fourth-order valence-electron chi connectivity index (χ4n) is 3.59. The van der Waals surface area contributed by atoms with Gasteiger partial charge in [-0.25, -0.2) is 4.79 Å². The van der Waals surface area contributed by atoms with Crippen LogP contribution in [0.2, 0.25) is 0 Å². The second-order valence-corrected chi connectivity index (χ2v) is 8.38. The van der Waals surface area contributed by atoms with E-state index in [9.17, 15) is 34.2 Å². The summed E-state index contributed by atoms with van der Waals surface area (Å²) >= 11 is 0. The van der Waals surface area contributed by atoms with E-state index in [1.807, 2.05) is 0 Å². The summed E-state index contributed by atoms with van der Waals surface area (Å²) in [6, 6.07) is -4.73. The number of rotatable bonds is 14. The third-order valence-corrected chi connectivity index (χ3v) is 5.48. The number of aliphatic imine (C=N–C) groups is 1. The Balaban J connectivity index is 2.83. The molecule has 5 atom stereocenters. The molecule has 0 saturated carbocycles. The maximum absolute atomic E-state index is 13.1. The monoisotopic (exact) mass is 500 g/mol. The van der Waals surface area contributed by atoms with Crippen LogP contribution in [0.4, 0.5) is 0 Å². The van der Waals surface area contributed by atoms with Gasteiger partial charge in [0.2, 0.25) is 23.6 Å². The van der Waals surface area contributed by atoms with Crippen LogP contribution in [0, 0.1) is 0 Å². The number of guanidine groups is 1. The summed E-state index contributed by atoms with van der Waals surface area (Å²) in [5.74, 6) is -4.25. The van der Waals surface area contributed by atoms with Crippen molar-refractivity contribution in [2.24, 2.45) is 27.9 Å². The number of carboxylic acids is 1. The van der Waals surface area contributed by atoms with Crippen molar-refractivity contribution >= 4 is 35.6 Å². The number of likely N-dealkylation sites (tertiary alicyclic amines) is 1. The number of carbonyl (C=O) groups is 5. The molecule has 0 aromatic carbocycles. The molecule has 15 heteroatoms. The minimum Gasteiger partial charge on any atom is -0.480 e. The van der Waals surface area contributed by atoms with Gasteiger partial charge >= 0.3 is 5.97 Å². The highest BCUT2D eigenvalue weighted by Crippen LogP contribution is 2.20. The Morgan fingerprint density at radius 1 is 1.11 bits per heavy atom. The lowest BCUT2D eigenvalue weighted by atomic mass is 10.1. The number of primary amides is 1. The first-order chi connectivity index (χ1) is 16.3. The van der Waals surface area contributed by atoms with E-state index in [1.165, 1.54) is 11.8 Å². The van der Waals surface area contributed by atoms with E-state index in [4.69, 9.17) is 22.9 Å². The summed E-state index contributed by atoms with van der Waals surface area (Å²) in [6.45, 7) is 1.74. The Morgan fingerprint density at radius 2 is 1.77 bits per heavy atom. The molecule has 15 nitrogen and oxygen atoms in total. The number of hydrogen-bond acceptors (Lipinski definition) is 8. The van der Waals surface area contributed by atoms with Gasteiger partial charge in [0.1, 0.15) is 18.1 Å². The molecule has 1 aliphatic heterocycles. The van der Waals surface area contributed by atoms with Crippen molar-refractivity contribution in [3.63, 3.8) is 0 Å². The molecular weight excluding hydrogens is 464 g/mol. The molecular formula is C20H36N8O7. The van der Waals surface area contributed by atoms with Crippen LogP contribution in [0.3, 0.4) is 0 Å². The number of aliphatic carboxylic acids is 1. The van der Waals surface area contributed by atoms with E-state index in [2.05, 4.69) is 15.6 Å². The lowest BCUT2D eigenvalue weighted by molar-refractivity contribution is -0.146.